The Labute approximate surface area is 158 Å². The number of hydrogen-bond donors (Lipinski definition) is 0. The second kappa shape index (κ2) is 7.51. The highest BCUT2D eigenvalue weighted by Crippen LogP contribution is 2.35. The quantitative estimate of drug-likeness (QED) is 0.691. The molecule has 0 spiro atoms. The van der Waals surface area contributed by atoms with Gasteiger partial charge in [-0.15, -0.1) is 0 Å². The molecule has 0 saturated carbocycles. The van der Waals surface area contributed by atoms with Gasteiger partial charge in [0.05, 0.1) is 0 Å². The third-order valence-corrected chi connectivity index (χ3v) is 6.25. The van der Waals surface area contributed by atoms with Crippen molar-refractivity contribution in [2.75, 3.05) is 0 Å². The molecule has 0 aromatic heterocycles. The van der Waals surface area contributed by atoms with E-state index in [0.717, 1.165) is 21.6 Å². The Hall–Kier alpha value is -2.31. The fourth-order valence-electron chi connectivity index (χ4n) is 2.54. The molecule has 0 amide bonds. The fourth-order valence-corrected chi connectivity index (χ4v) is 4.15. The summed E-state index contributed by atoms with van der Waals surface area (Å²) in [6, 6.07) is 14.6. The van der Waals surface area contributed by atoms with E-state index in [4.69, 9.17) is 4.28 Å². The van der Waals surface area contributed by atoms with Crippen molar-refractivity contribution in [3.8, 4) is 0 Å². The third-order valence-electron chi connectivity index (χ3n) is 4.05. The summed E-state index contributed by atoms with van der Waals surface area (Å²) in [5.41, 5.74) is 4.45. The van der Waals surface area contributed by atoms with Gasteiger partial charge in [-0.2, -0.15) is 8.42 Å². The molecule has 2 aromatic carbocycles. The smallest absolute Gasteiger partial charge is 0.264 e. The number of allylic oxidation sites excluding steroid dienone is 2. The molecule has 0 N–H and O–H groups in total. The van der Waals surface area contributed by atoms with Crippen LogP contribution in [0.2, 0.25) is 0 Å². The Morgan fingerprint density at radius 3 is 2.38 bits per heavy atom. The predicted octanol–water partition coefficient (Wildman–Crippen LogP) is 5.06. The molecule has 0 fully saturated rings. The van der Waals surface area contributed by atoms with E-state index in [-0.39, 0.29) is 4.90 Å². The topological polar surface area (TPSA) is 55.7 Å². The van der Waals surface area contributed by atoms with Crippen molar-refractivity contribution in [2.24, 2.45) is 5.16 Å². The van der Waals surface area contributed by atoms with Crippen LogP contribution in [0.25, 0.3) is 5.57 Å². The molecule has 6 heteroatoms. The van der Waals surface area contributed by atoms with E-state index in [1.165, 1.54) is 29.5 Å². The number of rotatable bonds is 4. The van der Waals surface area contributed by atoms with Gasteiger partial charge in [-0.25, -0.2) is 0 Å². The fraction of sp³-hybridized carbons (Fsp3) is 0.150. The minimum absolute atomic E-state index is 0.0892. The van der Waals surface area contributed by atoms with Gasteiger partial charge in [0.25, 0.3) is 0 Å². The standard InChI is InChI=1S/C20H19NO3S2/c1-14-8-10-17(11-9-14)26(22,23)24-21-20-13-12-19(25-20)16(3)18-7-5-4-6-15(18)2/h4-13H,1-3H3/b19-16+,21-20?. The summed E-state index contributed by atoms with van der Waals surface area (Å²) in [5.74, 6) is 0. The lowest BCUT2D eigenvalue weighted by Gasteiger charge is -2.08. The van der Waals surface area contributed by atoms with Crippen LogP contribution in [0.5, 0.6) is 0 Å². The molecular formula is C20H19NO3S2. The minimum atomic E-state index is -3.91. The molecule has 0 radical (unpaired) electrons. The van der Waals surface area contributed by atoms with Crippen LogP contribution >= 0.6 is 11.8 Å². The van der Waals surface area contributed by atoms with Crippen LogP contribution in [0, 0.1) is 13.8 Å². The van der Waals surface area contributed by atoms with E-state index in [1.807, 2.05) is 32.1 Å². The lowest BCUT2D eigenvalue weighted by Crippen LogP contribution is -2.03. The number of nitrogens with zero attached hydrogens (tertiary/aromatic N) is 1. The molecule has 0 saturated heterocycles. The van der Waals surface area contributed by atoms with Crippen molar-refractivity contribution in [3.05, 3.63) is 82.3 Å². The van der Waals surface area contributed by atoms with Crippen LogP contribution in [0.3, 0.4) is 0 Å². The van der Waals surface area contributed by atoms with Gasteiger partial charge < -0.3 is 0 Å². The van der Waals surface area contributed by atoms with Gasteiger partial charge in [0, 0.05) is 4.91 Å². The monoisotopic (exact) mass is 385 g/mol. The average Bonchev–Trinajstić information content (AvgIpc) is 3.09. The maximum absolute atomic E-state index is 12.2. The van der Waals surface area contributed by atoms with Crippen molar-refractivity contribution >= 4 is 32.5 Å². The van der Waals surface area contributed by atoms with E-state index in [0.29, 0.717) is 5.04 Å². The van der Waals surface area contributed by atoms with Gasteiger partial charge >= 0.3 is 10.1 Å². The first-order valence-electron chi connectivity index (χ1n) is 8.08. The lowest BCUT2D eigenvalue weighted by atomic mass is 10.0. The Morgan fingerprint density at radius 2 is 1.69 bits per heavy atom. The molecule has 26 heavy (non-hydrogen) atoms. The Morgan fingerprint density at radius 1 is 1.00 bits per heavy atom. The van der Waals surface area contributed by atoms with Gasteiger partial charge in [-0.05, 0) is 61.8 Å². The Bertz CT molecular complexity index is 1020. The molecule has 1 aliphatic rings. The van der Waals surface area contributed by atoms with Gasteiger partial charge in [0.1, 0.15) is 9.94 Å². The second-order valence-corrected chi connectivity index (χ2v) is 8.60. The van der Waals surface area contributed by atoms with Gasteiger partial charge in [-0.3, -0.25) is 4.28 Å². The van der Waals surface area contributed by atoms with E-state index < -0.39 is 10.1 Å². The van der Waals surface area contributed by atoms with E-state index in [9.17, 15) is 8.42 Å². The van der Waals surface area contributed by atoms with E-state index in [2.05, 4.69) is 24.2 Å². The van der Waals surface area contributed by atoms with Crippen LogP contribution in [0.15, 0.2) is 75.6 Å². The highest BCUT2D eigenvalue weighted by molar-refractivity contribution is 8.18. The van der Waals surface area contributed by atoms with Crippen LogP contribution < -0.4 is 0 Å². The summed E-state index contributed by atoms with van der Waals surface area (Å²) in [6.45, 7) is 6.00. The van der Waals surface area contributed by atoms with Crippen molar-refractivity contribution in [3.63, 3.8) is 0 Å². The molecule has 0 atom stereocenters. The lowest BCUT2D eigenvalue weighted by molar-refractivity contribution is 0.340. The van der Waals surface area contributed by atoms with Gasteiger partial charge in [0.2, 0.25) is 0 Å². The van der Waals surface area contributed by atoms with Gasteiger partial charge in [0.15, 0.2) is 0 Å². The van der Waals surface area contributed by atoms with Gasteiger partial charge in [-0.1, -0.05) is 58.9 Å². The molecule has 0 unspecified atom stereocenters. The molecule has 1 aliphatic heterocycles. The molecule has 0 bridgehead atoms. The summed E-state index contributed by atoms with van der Waals surface area (Å²) < 4.78 is 29.3. The first-order valence-corrected chi connectivity index (χ1v) is 10.3. The number of thioether (sulfide) groups is 1. The minimum Gasteiger partial charge on any atom is -0.264 e. The van der Waals surface area contributed by atoms with Crippen LogP contribution in [0.4, 0.5) is 0 Å². The number of oxime groups is 1. The maximum Gasteiger partial charge on any atom is 0.358 e. The van der Waals surface area contributed by atoms with Crippen molar-refractivity contribution in [1.29, 1.82) is 0 Å². The molecule has 0 aliphatic carbocycles. The highest BCUT2D eigenvalue weighted by atomic mass is 32.2. The Balaban J connectivity index is 1.77. The molecule has 1 heterocycles. The summed E-state index contributed by atoms with van der Waals surface area (Å²) >= 11 is 1.39. The SMILES string of the molecule is C/C(=C1/C=CC(=NOS(=O)(=O)c2ccc(C)cc2)S1)c1ccccc1C. The Kier molecular flexibility index (Phi) is 5.34. The summed E-state index contributed by atoms with van der Waals surface area (Å²) in [5, 5.41) is 4.32. The molecular weight excluding hydrogens is 366 g/mol. The maximum atomic E-state index is 12.2. The molecule has 3 rings (SSSR count). The van der Waals surface area contributed by atoms with Crippen LogP contribution in [-0.2, 0) is 14.4 Å². The predicted molar refractivity (Wildman–Crippen MR) is 107 cm³/mol. The van der Waals surface area contributed by atoms with Crippen molar-refractivity contribution in [1.82, 2.24) is 0 Å². The third kappa shape index (κ3) is 4.08. The van der Waals surface area contributed by atoms with Crippen LogP contribution in [0.1, 0.15) is 23.6 Å². The van der Waals surface area contributed by atoms with Crippen molar-refractivity contribution in [2.45, 2.75) is 25.7 Å². The number of hydrogen-bond acceptors (Lipinski definition) is 5. The number of aryl methyl sites for hydroxylation is 2. The zero-order valence-electron chi connectivity index (χ0n) is 14.8. The highest BCUT2D eigenvalue weighted by Gasteiger charge is 2.18. The van der Waals surface area contributed by atoms with E-state index in [1.54, 1.807) is 18.2 Å². The summed E-state index contributed by atoms with van der Waals surface area (Å²) in [6.07, 6.45) is 3.68. The second-order valence-electron chi connectivity index (χ2n) is 6.01. The molecule has 2 aromatic rings. The summed E-state index contributed by atoms with van der Waals surface area (Å²) in [7, 11) is -3.91. The average molecular weight is 386 g/mol. The first kappa shape index (κ1) is 18.5. The molecule has 134 valence electrons. The number of benzene rings is 2. The zero-order chi connectivity index (χ0) is 18.7. The van der Waals surface area contributed by atoms with E-state index >= 15 is 0 Å². The van der Waals surface area contributed by atoms with Crippen LogP contribution in [-0.4, -0.2) is 13.5 Å². The first-order chi connectivity index (χ1) is 12.4. The normalized spacial score (nSPS) is 17.6. The summed E-state index contributed by atoms with van der Waals surface area (Å²) in [4.78, 5) is 1.11. The largest absolute Gasteiger partial charge is 0.358 e. The zero-order valence-corrected chi connectivity index (χ0v) is 16.4. The van der Waals surface area contributed by atoms with Crippen molar-refractivity contribution < 1.29 is 12.7 Å². The molecule has 4 nitrogen and oxygen atoms in total.